The number of amides is 2. The molecular formula is C20H29N3O4. The first-order valence-electron chi connectivity index (χ1n) is 9.71. The van der Waals surface area contributed by atoms with Crippen LogP contribution in [0.4, 0.5) is 5.69 Å². The maximum absolute atomic E-state index is 12.2. The number of nitrogens with zero attached hydrogens (tertiary/aromatic N) is 2. The van der Waals surface area contributed by atoms with Gasteiger partial charge in [-0.2, -0.15) is 0 Å². The van der Waals surface area contributed by atoms with Crippen molar-refractivity contribution in [2.45, 2.75) is 26.7 Å². The van der Waals surface area contributed by atoms with Crippen LogP contribution in [0.15, 0.2) is 18.2 Å². The molecule has 0 saturated carbocycles. The lowest BCUT2D eigenvalue weighted by atomic mass is 10.1. The molecule has 7 nitrogen and oxygen atoms in total. The summed E-state index contributed by atoms with van der Waals surface area (Å²) in [6, 6.07) is 5.44. The van der Waals surface area contributed by atoms with Crippen LogP contribution in [0, 0.1) is 5.92 Å². The molecule has 0 spiro atoms. The van der Waals surface area contributed by atoms with Crippen molar-refractivity contribution in [2.24, 2.45) is 5.92 Å². The molecule has 1 fully saturated rings. The minimum absolute atomic E-state index is 0.0232. The number of fused-ring (bicyclic) bond motifs is 1. The van der Waals surface area contributed by atoms with Gasteiger partial charge in [0.15, 0.2) is 11.5 Å². The number of rotatable bonds is 6. The average Bonchev–Trinajstić information content (AvgIpc) is 2.66. The van der Waals surface area contributed by atoms with Crippen molar-refractivity contribution < 1.29 is 19.1 Å². The number of benzene rings is 1. The van der Waals surface area contributed by atoms with E-state index in [1.165, 1.54) is 0 Å². The first-order chi connectivity index (χ1) is 13.0. The second-order valence-corrected chi connectivity index (χ2v) is 7.48. The van der Waals surface area contributed by atoms with Gasteiger partial charge in [-0.25, -0.2) is 0 Å². The van der Waals surface area contributed by atoms with E-state index in [1.807, 2.05) is 17.0 Å². The third kappa shape index (κ3) is 5.60. The molecule has 1 N–H and O–H groups in total. The minimum atomic E-state index is -0.0232. The van der Waals surface area contributed by atoms with Gasteiger partial charge in [-0.3, -0.25) is 14.5 Å². The van der Waals surface area contributed by atoms with Gasteiger partial charge in [0.2, 0.25) is 11.8 Å². The third-order valence-electron chi connectivity index (χ3n) is 4.79. The Morgan fingerprint density at radius 2 is 1.78 bits per heavy atom. The summed E-state index contributed by atoms with van der Waals surface area (Å²) in [6.45, 7) is 9.03. The van der Waals surface area contributed by atoms with E-state index in [0.29, 0.717) is 55.7 Å². The molecule has 27 heavy (non-hydrogen) atoms. The fraction of sp³-hybridized carbons (Fsp3) is 0.600. The second kappa shape index (κ2) is 9.08. The summed E-state index contributed by atoms with van der Waals surface area (Å²) < 4.78 is 11.0. The summed E-state index contributed by atoms with van der Waals surface area (Å²) in [7, 11) is 0. The number of anilines is 1. The van der Waals surface area contributed by atoms with Crippen LogP contribution in [0.5, 0.6) is 11.5 Å². The van der Waals surface area contributed by atoms with Gasteiger partial charge in [0.1, 0.15) is 13.2 Å². The highest BCUT2D eigenvalue weighted by Gasteiger charge is 2.22. The van der Waals surface area contributed by atoms with Gasteiger partial charge in [-0.05, 0) is 18.1 Å². The topological polar surface area (TPSA) is 71.1 Å². The average molecular weight is 375 g/mol. The van der Waals surface area contributed by atoms with E-state index in [9.17, 15) is 9.59 Å². The molecule has 2 aliphatic heterocycles. The molecule has 2 amide bonds. The highest BCUT2D eigenvalue weighted by molar-refractivity contribution is 5.91. The predicted octanol–water partition coefficient (Wildman–Crippen LogP) is 1.98. The number of carbonyl (C=O) groups is 2. The molecule has 0 bridgehead atoms. The smallest absolute Gasteiger partial charge is 0.225 e. The van der Waals surface area contributed by atoms with Crippen LogP contribution in [0.1, 0.15) is 26.7 Å². The number of hydrogen-bond donors (Lipinski definition) is 1. The van der Waals surface area contributed by atoms with E-state index < -0.39 is 0 Å². The van der Waals surface area contributed by atoms with E-state index in [2.05, 4.69) is 24.1 Å². The molecule has 2 heterocycles. The molecule has 0 radical (unpaired) electrons. The number of hydrogen-bond acceptors (Lipinski definition) is 5. The van der Waals surface area contributed by atoms with Gasteiger partial charge in [-0.1, -0.05) is 13.8 Å². The summed E-state index contributed by atoms with van der Waals surface area (Å²) in [4.78, 5) is 28.5. The molecular weight excluding hydrogens is 346 g/mol. The quantitative estimate of drug-likeness (QED) is 0.823. The highest BCUT2D eigenvalue weighted by atomic mass is 16.6. The molecule has 3 rings (SSSR count). The predicted molar refractivity (Wildman–Crippen MR) is 103 cm³/mol. The van der Waals surface area contributed by atoms with Crippen LogP contribution in [-0.2, 0) is 9.59 Å². The maximum atomic E-state index is 12.2. The number of piperazine rings is 1. The summed E-state index contributed by atoms with van der Waals surface area (Å²) in [5.74, 6) is 1.98. The first kappa shape index (κ1) is 19.5. The van der Waals surface area contributed by atoms with E-state index in [4.69, 9.17) is 9.47 Å². The standard InChI is InChI=1S/C20H29N3O4/c1-15(2)13-20(25)23-9-7-22(8-10-23)6-5-19(24)21-16-3-4-17-18(14-16)27-12-11-26-17/h3-4,14-15H,5-13H2,1-2H3,(H,21,24). The fourth-order valence-corrected chi connectivity index (χ4v) is 3.30. The Morgan fingerprint density at radius 1 is 1.07 bits per heavy atom. The van der Waals surface area contributed by atoms with E-state index in [0.717, 1.165) is 26.2 Å². The van der Waals surface area contributed by atoms with Crippen molar-refractivity contribution in [3.63, 3.8) is 0 Å². The van der Waals surface area contributed by atoms with Crippen LogP contribution in [-0.4, -0.2) is 67.6 Å². The molecule has 0 aliphatic carbocycles. The summed E-state index contributed by atoms with van der Waals surface area (Å²) >= 11 is 0. The Balaban J connectivity index is 1.39. The highest BCUT2D eigenvalue weighted by Crippen LogP contribution is 2.32. The van der Waals surface area contributed by atoms with Crippen molar-refractivity contribution in [3.8, 4) is 11.5 Å². The zero-order valence-corrected chi connectivity index (χ0v) is 16.2. The van der Waals surface area contributed by atoms with Gasteiger partial charge in [0, 0.05) is 57.3 Å². The van der Waals surface area contributed by atoms with Crippen LogP contribution < -0.4 is 14.8 Å². The summed E-state index contributed by atoms with van der Waals surface area (Å²) in [6.07, 6.45) is 1.03. The van der Waals surface area contributed by atoms with Crippen LogP contribution in [0.25, 0.3) is 0 Å². The SMILES string of the molecule is CC(C)CC(=O)N1CCN(CCC(=O)Nc2ccc3c(c2)OCCO3)CC1. The van der Waals surface area contributed by atoms with Crippen LogP contribution >= 0.6 is 0 Å². The Bertz CT molecular complexity index is 669. The Kier molecular flexibility index (Phi) is 6.55. The van der Waals surface area contributed by atoms with E-state index in [1.54, 1.807) is 6.07 Å². The molecule has 1 aromatic rings. The third-order valence-corrected chi connectivity index (χ3v) is 4.79. The monoisotopic (exact) mass is 375 g/mol. The normalized spacial score (nSPS) is 17.1. The van der Waals surface area contributed by atoms with Crippen molar-refractivity contribution in [3.05, 3.63) is 18.2 Å². The summed E-state index contributed by atoms with van der Waals surface area (Å²) in [5, 5.41) is 2.91. The number of nitrogens with one attached hydrogen (secondary N) is 1. The van der Waals surface area contributed by atoms with Crippen molar-refractivity contribution in [1.29, 1.82) is 0 Å². The molecule has 148 valence electrons. The molecule has 1 aromatic carbocycles. The Morgan fingerprint density at radius 3 is 2.48 bits per heavy atom. The Hall–Kier alpha value is -2.28. The lowest BCUT2D eigenvalue weighted by molar-refractivity contribution is -0.134. The summed E-state index contributed by atoms with van der Waals surface area (Å²) in [5.41, 5.74) is 0.716. The first-order valence-corrected chi connectivity index (χ1v) is 9.71. The van der Waals surface area contributed by atoms with Gasteiger partial charge < -0.3 is 19.7 Å². The minimum Gasteiger partial charge on any atom is -0.486 e. The molecule has 0 unspecified atom stereocenters. The lowest BCUT2D eigenvalue weighted by Gasteiger charge is -2.35. The van der Waals surface area contributed by atoms with E-state index in [-0.39, 0.29) is 11.8 Å². The van der Waals surface area contributed by atoms with Crippen LogP contribution in [0.2, 0.25) is 0 Å². The zero-order valence-electron chi connectivity index (χ0n) is 16.2. The van der Waals surface area contributed by atoms with E-state index >= 15 is 0 Å². The zero-order chi connectivity index (χ0) is 19.2. The molecule has 2 aliphatic rings. The van der Waals surface area contributed by atoms with Gasteiger partial charge in [0.25, 0.3) is 0 Å². The second-order valence-electron chi connectivity index (χ2n) is 7.48. The number of carbonyl (C=O) groups excluding carboxylic acids is 2. The molecule has 0 atom stereocenters. The fourth-order valence-electron chi connectivity index (χ4n) is 3.30. The maximum Gasteiger partial charge on any atom is 0.225 e. The van der Waals surface area contributed by atoms with Crippen molar-refractivity contribution in [2.75, 3.05) is 51.3 Å². The van der Waals surface area contributed by atoms with Gasteiger partial charge >= 0.3 is 0 Å². The lowest BCUT2D eigenvalue weighted by Crippen LogP contribution is -2.49. The van der Waals surface area contributed by atoms with Crippen molar-refractivity contribution >= 4 is 17.5 Å². The number of ether oxygens (including phenoxy) is 2. The van der Waals surface area contributed by atoms with Gasteiger partial charge in [0.05, 0.1) is 0 Å². The van der Waals surface area contributed by atoms with Crippen LogP contribution in [0.3, 0.4) is 0 Å². The molecule has 7 heteroatoms. The molecule has 0 aromatic heterocycles. The van der Waals surface area contributed by atoms with Crippen molar-refractivity contribution in [1.82, 2.24) is 9.80 Å². The Labute approximate surface area is 160 Å². The molecule has 1 saturated heterocycles. The van der Waals surface area contributed by atoms with Gasteiger partial charge in [-0.15, -0.1) is 0 Å². The largest absolute Gasteiger partial charge is 0.486 e.